The van der Waals surface area contributed by atoms with Gasteiger partial charge >= 0.3 is 0 Å². The summed E-state index contributed by atoms with van der Waals surface area (Å²) in [6.45, 7) is 3.45. The highest BCUT2D eigenvalue weighted by molar-refractivity contribution is 6.42. The number of nitrogens with zero attached hydrogens (tertiary/aromatic N) is 3. The standard InChI is InChI=1S/C19H18Cl2N4O4/c1-12(26)23-6-8-24(9-7-23)17-5-2-13(10-18(17)25(28)29)19(27)22-14-3-4-15(20)16(21)11-14/h2-5,10-11H,6-9H2,1H3,(H,22,27). The second kappa shape index (κ2) is 8.67. The third kappa shape index (κ3) is 4.78. The molecule has 0 aliphatic carbocycles. The molecule has 1 N–H and O–H groups in total. The molecule has 2 aromatic rings. The van der Waals surface area contributed by atoms with Gasteiger partial charge in [0.25, 0.3) is 11.6 Å². The molecule has 2 amide bonds. The number of hydrogen-bond donors (Lipinski definition) is 1. The van der Waals surface area contributed by atoms with Crippen LogP contribution in [0.1, 0.15) is 17.3 Å². The Morgan fingerprint density at radius 1 is 1.03 bits per heavy atom. The van der Waals surface area contributed by atoms with E-state index in [4.69, 9.17) is 23.2 Å². The quantitative estimate of drug-likeness (QED) is 0.580. The summed E-state index contributed by atoms with van der Waals surface area (Å²) in [5, 5.41) is 14.9. The molecule has 1 aliphatic heterocycles. The van der Waals surface area contributed by atoms with Crippen molar-refractivity contribution >= 4 is 52.1 Å². The Kier molecular flexibility index (Phi) is 6.24. The van der Waals surface area contributed by atoms with E-state index < -0.39 is 10.8 Å². The lowest BCUT2D eigenvalue weighted by atomic mass is 10.1. The number of benzene rings is 2. The summed E-state index contributed by atoms with van der Waals surface area (Å²) in [6, 6.07) is 8.98. The van der Waals surface area contributed by atoms with Crippen molar-refractivity contribution in [2.24, 2.45) is 0 Å². The van der Waals surface area contributed by atoms with Gasteiger partial charge in [0.15, 0.2) is 0 Å². The number of nitrogens with one attached hydrogen (secondary N) is 1. The fraction of sp³-hybridized carbons (Fsp3) is 0.263. The van der Waals surface area contributed by atoms with Crippen LogP contribution in [-0.2, 0) is 4.79 Å². The molecule has 1 saturated heterocycles. The van der Waals surface area contributed by atoms with Crippen LogP contribution >= 0.6 is 23.2 Å². The van der Waals surface area contributed by atoms with Gasteiger partial charge in [-0.3, -0.25) is 19.7 Å². The van der Waals surface area contributed by atoms with Gasteiger partial charge in [0.2, 0.25) is 5.91 Å². The summed E-state index contributed by atoms with van der Waals surface area (Å²) in [7, 11) is 0. The average molecular weight is 437 g/mol. The predicted octanol–water partition coefficient (Wildman–Crippen LogP) is 3.82. The summed E-state index contributed by atoms with van der Waals surface area (Å²) in [5.41, 5.74) is 0.831. The van der Waals surface area contributed by atoms with E-state index in [1.54, 1.807) is 23.1 Å². The van der Waals surface area contributed by atoms with Gasteiger partial charge in [0, 0.05) is 50.4 Å². The first-order valence-corrected chi connectivity index (χ1v) is 9.57. The molecule has 152 valence electrons. The maximum absolute atomic E-state index is 12.5. The fourth-order valence-corrected chi connectivity index (χ4v) is 3.42. The molecule has 8 nitrogen and oxygen atoms in total. The van der Waals surface area contributed by atoms with Crippen LogP contribution in [0.25, 0.3) is 0 Å². The zero-order valence-corrected chi connectivity index (χ0v) is 17.0. The van der Waals surface area contributed by atoms with Gasteiger partial charge in [-0.25, -0.2) is 0 Å². The number of nitro groups is 1. The van der Waals surface area contributed by atoms with Crippen molar-refractivity contribution < 1.29 is 14.5 Å². The number of carbonyl (C=O) groups is 2. The number of halogens is 2. The highest BCUT2D eigenvalue weighted by atomic mass is 35.5. The molecule has 0 bridgehead atoms. The molecule has 29 heavy (non-hydrogen) atoms. The Bertz CT molecular complexity index is 975. The molecule has 1 fully saturated rings. The number of piperazine rings is 1. The van der Waals surface area contributed by atoms with Crippen LogP contribution in [-0.4, -0.2) is 47.8 Å². The van der Waals surface area contributed by atoms with E-state index in [0.717, 1.165) is 0 Å². The minimum Gasteiger partial charge on any atom is -0.362 e. The number of hydrogen-bond acceptors (Lipinski definition) is 5. The van der Waals surface area contributed by atoms with Gasteiger partial charge in [-0.05, 0) is 30.3 Å². The first-order valence-electron chi connectivity index (χ1n) is 8.81. The highest BCUT2D eigenvalue weighted by Crippen LogP contribution is 2.31. The van der Waals surface area contributed by atoms with Gasteiger partial charge in [-0.15, -0.1) is 0 Å². The van der Waals surface area contributed by atoms with Crippen LogP contribution in [0.4, 0.5) is 17.1 Å². The summed E-state index contributed by atoms with van der Waals surface area (Å²) >= 11 is 11.8. The Labute approximate surface area is 177 Å². The van der Waals surface area contributed by atoms with Crippen LogP contribution in [0.5, 0.6) is 0 Å². The average Bonchev–Trinajstić information content (AvgIpc) is 2.70. The summed E-state index contributed by atoms with van der Waals surface area (Å²) in [5.74, 6) is -0.520. The van der Waals surface area contributed by atoms with Crippen molar-refractivity contribution in [1.29, 1.82) is 0 Å². The van der Waals surface area contributed by atoms with E-state index >= 15 is 0 Å². The van der Waals surface area contributed by atoms with E-state index in [1.165, 1.54) is 25.1 Å². The van der Waals surface area contributed by atoms with Crippen molar-refractivity contribution in [2.45, 2.75) is 6.92 Å². The van der Waals surface area contributed by atoms with Gasteiger partial charge in [0.05, 0.1) is 15.0 Å². The molecule has 2 aromatic carbocycles. The topological polar surface area (TPSA) is 95.8 Å². The van der Waals surface area contributed by atoms with Crippen molar-refractivity contribution in [2.75, 3.05) is 36.4 Å². The van der Waals surface area contributed by atoms with Gasteiger partial charge in [-0.2, -0.15) is 0 Å². The zero-order chi connectivity index (χ0) is 21.1. The molecule has 0 unspecified atom stereocenters. The molecular weight excluding hydrogens is 419 g/mol. The van der Waals surface area contributed by atoms with Crippen molar-refractivity contribution in [3.8, 4) is 0 Å². The Balaban J connectivity index is 1.80. The molecule has 3 rings (SSSR count). The second-order valence-electron chi connectivity index (χ2n) is 6.54. The largest absolute Gasteiger partial charge is 0.362 e. The molecule has 0 aromatic heterocycles. The summed E-state index contributed by atoms with van der Waals surface area (Å²) in [6.07, 6.45) is 0. The normalized spacial score (nSPS) is 13.9. The van der Waals surface area contributed by atoms with Crippen LogP contribution in [0.2, 0.25) is 10.0 Å². The maximum Gasteiger partial charge on any atom is 0.293 e. The third-order valence-electron chi connectivity index (χ3n) is 4.68. The lowest BCUT2D eigenvalue weighted by Gasteiger charge is -2.35. The second-order valence-corrected chi connectivity index (χ2v) is 7.35. The molecule has 0 radical (unpaired) electrons. The minimum atomic E-state index is -0.511. The molecular formula is C19H18Cl2N4O4. The third-order valence-corrected chi connectivity index (χ3v) is 5.42. The molecule has 1 heterocycles. The van der Waals surface area contributed by atoms with Crippen LogP contribution < -0.4 is 10.2 Å². The Hall–Kier alpha value is -2.84. The molecule has 1 aliphatic rings. The smallest absolute Gasteiger partial charge is 0.293 e. The summed E-state index contributed by atoms with van der Waals surface area (Å²) in [4.78, 5) is 38.6. The van der Waals surface area contributed by atoms with Crippen LogP contribution in [0.15, 0.2) is 36.4 Å². The van der Waals surface area contributed by atoms with Crippen LogP contribution in [0.3, 0.4) is 0 Å². The van der Waals surface area contributed by atoms with E-state index in [1.807, 2.05) is 4.90 Å². The Morgan fingerprint density at radius 2 is 1.72 bits per heavy atom. The van der Waals surface area contributed by atoms with E-state index in [0.29, 0.717) is 42.6 Å². The van der Waals surface area contributed by atoms with E-state index in [2.05, 4.69) is 5.32 Å². The van der Waals surface area contributed by atoms with Gasteiger partial charge < -0.3 is 15.1 Å². The van der Waals surface area contributed by atoms with E-state index in [-0.39, 0.29) is 22.2 Å². The number of amides is 2. The number of rotatable bonds is 4. The molecule has 0 spiro atoms. The van der Waals surface area contributed by atoms with Crippen LogP contribution in [0, 0.1) is 10.1 Å². The molecule has 0 atom stereocenters. The van der Waals surface area contributed by atoms with Gasteiger partial charge in [-0.1, -0.05) is 23.2 Å². The highest BCUT2D eigenvalue weighted by Gasteiger charge is 2.26. The summed E-state index contributed by atoms with van der Waals surface area (Å²) < 4.78 is 0. The SMILES string of the molecule is CC(=O)N1CCN(c2ccc(C(=O)Nc3ccc(Cl)c(Cl)c3)cc2[N+](=O)[O-])CC1. The minimum absolute atomic E-state index is 0.0199. The number of anilines is 2. The lowest BCUT2D eigenvalue weighted by molar-refractivity contribution is -0.384. The first-order chi connectivity index (χ1) is 13.8. The monoisotopic (exact) mass is 436 g/mol. The first kappa shape index (κ1) is 20.9. The predicted molar refractivity (Wildman–Crippen MR) is 112 cm³/mol. The zero-order valence-electron chi connectivity index (χ0n) is 15.5. The molecule has 10 heteroatoms. The Morgan fingerprint density at radius 3 is 2.31 bits per heavy atom. The fourth-order valence-electron chi connectivity index (χ4n) is 3.12. The van der Waals surface area contributed by atoms with Crippen molar-refractivity contribution in [3.05, 3.63) is 62.1 Å². The molecule has 0 saturated carbocycles. The van der Waals surface area contributed by atoms with Crippen molar-refractivity contribution in [1.82, 2.24) is 4.90 Å². The number of nitro benzene ring substituents is 1. The lowest BCUT2D eigenvalue weighted by Crippen LogP contribution is -2.48. The maximum atomic E-state index is 12.5. The number of carbonyl (C=O) groups excluding carboxylic acids is 2. The van der Waals surface area contributed by atoms with E-state index in [9.17, 15) is 19.7 Å². The van der Waals surface area contributed by atoms with Gasteiger partial charge in [0.1, 0.15) is 5.69 Å². The van der Waals surface area contributed by atoms with Crippen molar-refractivity contribution in [3.63, 3.8) is 0 Å².